The predicted molar refractivity (Wildman–Crippen MR) is 60.7 cm³/mol. The van der Waals surface area contributed by atoms with Crippen molar-refractivity contribution in [2.45, 2.75) is 13.5 Å². The van der Waals surface area contributed by atoms with Crippen LogP contribution in [0.3, 0.4) is 0 Å². The van der Waals surface area contributed by atoms with Gasteiger partial charge in [-0.2, -0.15) is 0 Å². The van der Waals surface area contributed by atoms with Crippen molar-refractivity contribution in [1.82, 2.24) is 10.2 Å². The predicted octanol–water partition coefficient (Wildman–Crippen LogP) is 0.546. The molecule has 0 bridgehead atoms. The molecule has 6 nitrogen and oxygen atoms in total. The molecule has 0 unspecified atom stereocenters. The molecule has 1 aromatic heterocycles. The molecule has 0 saturated carbocycles. The number of aromatic carboxylic acids is 1. The molecule has 0 fully saturated rings. The van der Waals surface area contributed by atoms with Gasteiger partial charge in [-0.15, -0.1) is 0 Å². The molecule has 1 aromatic rings. The molecule has 0 spiro atoms. The van der Waals surface area contributed by atoms with E-state index in [0.717, 1.165) is 0 Å². The van der Waals surface area contributed by atoms with Crippen LogP contribution in [0, 0.1) is 0 Å². The summed E-state index contributed by atoms with van der Waals surface area (Å²) in [6.45, 7) is 3.05. The number of furan rings is 1. The second kappa shape index (κ2) is 6.05. The average molecular weight is 240 g/mol. The number of carbonyl (C=O) groups excluding carboxylic acids is 1. The Kier molecular flexibility index (Phi) is 4.71. The van der Waals surface area contributed by atoms with Crippen LogP contribution in [0.1, 0.15) is 23.0 Å². The van der Waals surface area contributed by atoms with E-state index < -0.39 is 5.97 Å². The van der Waals surface area contributed by atoms with Crippen molar-refractivity contribution in [3.8, 4) is 0 Å². The molecule has 1 amide bonds. The van der Waals surface area contributed by atoms with Crippen LogP contribution in [0.15, 0.2) is 16.7 Å². The fraction of sp³-hybridized carbons (Fsp3) is 0.455. The lowest BCUT2D eigenvalue weighted by molar-refractivity contribution is -0.121. The molecule has 0 aliphatic heterocycles. The molecule has 0 radical (unpaired) electrons. The van der Waals surface area contributed by atoms with Crippen LogP contribution in [0.5, 0.6) is 0 Å². The number of carboxylic acid groups (broad SMARTS) is 1. The summed E-state index contributed by atoms with van der Waals surface area (Å²) in [7, 11) is 1.56. The van der Waals surface area contributed by atoms with Gasteiger partial charge in [0.2, 0.25) is 5.91 Å². The molecule has 1 rings (SSSR count). The summed E-state index contributed by atoms with van der Waals surface area (Å²) in [6, 6.07) is 1.41. The Morgan fingerprint density at radius 2 is 2.24 bits per heavy atom. The van der Waals surface area contributed by atoms with Crippen LogP contribution >= 0.6 is 0 Å². The van der Waals surface area contributed by atoms with Crippen molar-refractivity contribution >= 4 is 11.9 Å². The highest BCUT2D eigenvalue weighted by Gasteiger charge is 2.17. The van der Waals surface area contributed by atoms with Crippen LogP contribution in [0.2, 0.25) is 0 Å². The van der Waals surface area contributed by atoms with Crippen molar-refractivity contribution in [3.05, 3.63) is 23.7 Å². The molecule has 6 heteroatoms. The molecule has 0 aliphatic carbocycles. The third kappa shape index (κ3) is 3.60. The molecule has 94 valence electrons. The van der Waals surface area contributed by atoms with E-state index in [0.29, 0.717) is 18.8 Å². The van der Waals surface area contributed by atoms with Gasteiger partial charge >= 0.3 is 5.97 Å². The number of nitrogens with one attached hydrogen (secondary N) is 1. The van der Waals surface area contributed by atoms with E-state index >= 15 is 0 Å². The Morgan fingerprint density at radius 3 is 2.76 bits per heavy atom. The number of likely N-dealkylation sites (N-methyl/N-ethyl adjacent to an activating group) is 2. The van der Waals surface area contributed by atoms with E-state index in [-0.39, 0.29) is 18.0 Å². The van der Waals surface area contributed by atoms with Crippen molar-refractivity contribution in [3.63, 3.8) is 0 Å². The molecule has 0 saturated heterocycles. The van der Waals surface area contributed by atoms with Crippen molar-refractivity contribution < 1.29 is 19.1 Å². The van der Waals surface area contributed by atoms with Crippen molar-refractivity contribution in [2.24, 2.45) is 0 Å². The quantitative estimate of drug-likeness (QED) is 0.758. The summed E-state index contributed by atoms with van der Waals surface area (Å²) in [5.41, 5.74) is 0.139. The van der Waals surface area contributed by atoms with Gasteiger partial charge in [-0.1, -0.05) is 6.92 Å². The number of amides is 1. The second-order valence-electron chi connectivity index (χ2n) is 3.54. The van der Waals surface area contributed by atoms with E-state index in [9.17, 15) is 9.59 Å². The van der Waals surface area contributed by atoms with Gasteiger partial charge in [0.05, 0.1) is 19.4 Å². The molecule has 0 atom stereocenters. The van der Waals surface area contributed by atoms with Crippen LogP contribution in [0.25, 0.3) is 0 Å². The molecule has 1 heterocycles. The van der Waals surface area contributed by atoms with Gasteiger partial charge in [-0.25, -0.2) is 4.79 Å². The van der Waals surface area contributed by atoms with Gasteiger partial charge in [-0.05, 0) is 12.6 Å². The highest BCUT2D eigenvalue weighted by molar-refractivity contribution is 5.88. The zero-order valence-corrected chi connectivity index (χ0v) is 9.90. The minimum Gasteiger partial charge on any atom is -0.478 e. The number of rotatable bonds is 6. The Labute approximate surface area is 99.2 Å². The lowest BCUT2D eigenvalue weighted by atomic mass is 10.2. The topological polar surface area (TPSA) is 82.8 Å². The smallest absolute Gasteiger partial charge is 0.339 e. The van der Waals surface area contributed by atoms with Crippen LogP contribution < -0.4 is 5.32 Å². The zero-order valence-electron chi connectivity index (χ0n) is 9.90. The Balaban J connectivity index is 2.70. The Morgan fingerprint density at radius 1 is 1.53 bits per heavy atom. The second-order valence-corrected chi connectivity index (χ2v) is 3.54. The number of carbonyl (C=O) groups is 2. The zero-order chi connectivity index (χ0) is 12.8. The fourth-order valence-corrected chi connectivity index (χ4v) is 1.42. The van der Waals surface area contributed by atoms with Gasteiger partial charge in [0.15, 0.2) is 0 Å². The van der Waals surface area contributed by atoms with Crippen LogP contribution in [-0.2, 0) is 11.3 Å². The molecular weight excluding hydrogens is 224 g/mol. The van der Waals surface area contributed by atoms with E-state index in [1.807, 2.05) is 6.92 Å². The first kappa shape index (κ1) is 13.2. The van der Waals surface area contributed by atoms with Crippen LogP contribution in [-0.4, -0.2) is 42.0 Å². The maximum atomic E-state index is 11.2. The van der Waals surface area contributed by atoms with Gasteiger partial charge in [0, 0.05) is 7.05 Å². The average Bonchev–Trinajstić information content (AvgIpc) is 2.76. The monoisotopic (exact) mass is 240 g/mol. The summed E-state index contributed by atoms with van der Waals surface area (Å²) >= 11 is 0. The van der Waals surface area contributed by atoms with Crippen LogP contribution in [0.4, 0.5) is 0 Å². The number of hydrogen-bond donors (Lipinski definition) is 2. The van der Waals surface area contributed by atoms with E-state index in [1.165, 1.54) is 12.3 Å². The maximum absolute atomic E-state index is 11.2. The first-order valence-corrected chi connectivity index (χ1v) is 5.31. The minimum atomic E-state index is -1.02. The Bertz CT molecular complexity index is 400. The SMILES string of the molecule is CCN(CC(=O)NC)Cc1occc1C(=O)O. The van der Waals surface area contributed by atoms with Crippen molar-refractivity contribution in [1.29, 1.82) is 0 Å². The summed E-state index contributed by atoms with van der Waals surface area (Å²) in [6.07, 6.45) is 1.34. The van der Waals surface area contributed by atoms with E-state index in [2.05, 4.69) is 5.32 Å². The minimum absolute atomic E-state index is 0.115. The summed E-state index contributed by atoms with van der Waals surface area (Å²) in [5.74, 6) is -0.775. The summed E-state index contributed by atoms with van der Waals surface area (Å²) in [5, 5.41) is 11.4. The number of hydrogen-bond acceptors (Lipinski definition) is 4. The standard InChI is InChI=1S/C11H16N2O4/c1-3-13(7-10(14)12-2)6-9-8(11(15)16)4-5-17-9/h4-5H,3,6-7H2,1-2H3,(H,12,14)(H,15,16). The molecule has 0 aliphatic rings. The third-order valence-electron chi connectivity index (χ3n) is 2.44. The number of nitrogens with zero attached hydrogens (tertiary/aromatic N) is 1. The first-order valence-electron chi connectivity index (χ1n) is 5.31. The molecule has 0 aromatic carbocycles. The highest BCUT2D eigenvalue weighted by atomic mass is 16.4. The largest absolute Gasteiger partial charge is 0.478 e. The molecule has 17 heavy (non-hydrogen) atoms. The van der Waals surface area contributed by atoms with E-state index in [4.69, 9.17) is 9.52 Å². The van der Waals surface area contributed by atoms with E-state index in [1.54, 1.807) is 11.9 Å². The number of carboxylic acids is 1. The lowest BCUT2D eigenvalue weighted by Gasteiger charge is -2.18. The third-order valence-corrected chi connectivity index (χ3v) is 2.44. The fourth-order valence-electron chi connectivity index (χ4n) is 1.42. The lowest BCUT2D eigenvalue weighted by Crippen LogP contribution is -2.35. The van der Waals surface area contributed by atoms with Gasteiger partial charge in [0.1, 0.15) is 11.3 Å². The summed E-state index contributed by atoms with van der Waals surface area (Å²) in [4.78, 5) is 23.9. The first-order chi connectivity index (χ1) is 8.08. The Hall–Kier alpha value is -1.82. The normalized spacial score (nSPS) is 10.5. The highest BCUT2D eigenvalue weighted by Crippen LogP contribution is 2.13. The van der Waals surface area contributed by atoms with Gasteiger partial charge in [0.25, 0.3) is 0 Å². The maximum Gasteiger partial charge on any atom is 0.339 e. The van der Waals surface area contributed by atoms with Gasteiger partial charge < -0.3 is 14.8 Å². The van der Waals surface area contributed by atoms with Gasteiger partial charge in [-0.3, -0.25) is 9.69 Å². The summed E-state index contributed by atoms with van der Waals surface area (Å²) < 4.78 is 5.12. The molecule has 2 N–H and O–H groups in total. The van der Waals surface area contributed by atoms with Crippen molar-refractivity contribution in [2.75, 3.05) is 20.1 Å². The molecular formula is C11H16N2O4.